The lowest BCUT2D eigenvalue weighted by molar-refractivity contribution is -0.287. The van der Waals surface area contributed by atoms with Crippen LogP contribution >= 0.6 is 0 Å². The molecule has 3 unspecified atom stereocenters. The van der Waals surface area contributed by atoms with Gasteiger partial charge in [0.15, 0.2) is 36.2 Å². The Bertz CT molecular complexity index is 1290. The Morgan fingerprint density at radius 1 is 0.784 bits per heavy atom. The average molecular weight is 526 g/mol. The molecule has 14 heteroatoms. The van der Waals surface area contributed by atoms with E-state index in [4.69, 9.17) is 9.47 Å². The van der Waals surface area contributed by atoms with Gasteiger partial charge in [-0.3, -0.25) is 9.59 Å². The van der Waals surface area contributed by atoms with Crippen LogP contribution in [-0.4, -0.2) is 49.2 Å². The quantitative estimate of drug-likeness (QED) is 0.505. The highest BCUT2D eigenvalue weighted by molar-refractivity contribution is 5.80. The molecular formula is C23H18F4N2O8. The van der Waals surface area contributed by atoms with Gasteiger partial charge in [0.05, 0.1) is 0 Å². The number of halogens is 4. The number of amides is 2. The third-order valence-electron chi connectivity index (χ3n) is 6.42. The Labute approximate surface area is 205 Å². The lowest BCUT2D eigenvalue weighted by atomic mass is 9.86. The van der Waals surface area contributed by atoms with Crippen LogP contribution in [0, 0.1) is 5.92 Å². The van der Waals surface area contributed by atoms with Crippen LogP contribution in [-0.2, 0) is 9.59 Å². The molecule has 0 bridgehead atoms. The van der Waals surface area contributed by atoms with Crippen molar-refractivity contribution in [3.63, 3.8) is 0 Å². The molecule has 10 nitrogen and oxygen atoms in total. The first kappa shape index (κ1) is 23.3. The zero-order valence-corrected chi connectivity index (χ0v) is 18.7. The zero-order valence-electron chi connectivity index (χ0n) is 18.7. The lowest BCUT2D eigenvalue weighted by Crippen LogP contribution is -2.57. The Balaban J connectivity index is 0.920. The standard InChI is InChI=1S/C23H18F4N2O8/c24-22(25)34-15-3-1-11(5-17(15)36-22)32-9-19(30)28-14-8-21(7-13(14)21)29-20(31)10-33-12-2-4-16-18(6-12)37-23(26,27)35-16/h1-6,13-14H,7-10H2,(H,28,30)(H,29,31). The molecule has 2 aromatic rings. The summed E-state index contributed by atoms with van der Waals surface area (Å²) in [6.45, 7) is -0.676. The van der Waals surface area contributed by atoms with Crippen LogP contribution in [0.2, 0.25) is 0 Å². The van der Waals surface area contributed by atoms with Gasteiger partial charge in [-0.2, -0.15) is 0 Å². The van der Waals surface area contributed by atoms with E-state index in [-0.39, 0.29) is 59.7 Å². The summed E-state index contributed by atoms with van der Waals surface area (Å²) >= 11 is 0. The molecule has 2 heterocycles. The summed E-state index contributed by atoms with van der Waals surface area (Å²) < 4.78 is 80.4. The highest BCUT2D eigenvalue weighted by Gasteiger charge is 2.68. The van der Waals surface area contributed by atoms with Gasteiger partial charge in [-0.25, -0.2) is 0 Å². The normalized spacial score (nSPS) is 26.4. The van der Waals surface area contributed by atoms with Crippen molar-refractivity contribution in [1.82, 2.24) is 10.6 Å². The number of carbonyl (C=O) groups excluding carboxylic acids is 2. The lowest BCUT2D eigenvalue weighted by Gasteiger charge is -2.35. The van der Waals surface area contributed by atoms with E-state index in [9.17, 15) is 27.2 Å². The molecule has 4 aliphatic rings. The van der Waals surface area contributed by atoms with Crippen LogP contribution in [0.25, 0.3) is 0 Å². The van der Waals surface area contributed by atoms with E-state index in [1.807, 2.05) is 0 Å². The summed E-state index contributed by atoms with van der Waals surface area (Å²) in [7, 11) is 0. The summed E-state index contributed by atoms with van der Waals surface area (Å²) in [4.78, 5) is 24.6. The van der Waals surface area contributed by atoms with Crippen molar-refractivity contribution in [2.24, 2.45) is 5.92 Å². The molecule has 2 saturated carbocycles. The average Bonchev–Trinajstić information content (AvgIpc) is 3.07. The summed E-state index contributed by atoms with van der Waals surface area (Å²) in [5.74, 6) is -1.06. The van der Waals surface area contributed by atoms with Crippen molar-refractivity contribution >= 4 is 11.8 Å². The number of benzene rings is 2. The van der Waals surface area contributed by atoms with Crippen molar-refractivity contribution in [3.8, 4) is 34.5 Å². The molecule has 0 saturated heterocycles. The SMILES string of the molecule is O=C(COc1ccc2c(c1)OC(F)(F)O2)NC1CC2(NC(=O)COc3ccc4c(c3)OC(F)(F)O4)CC12. The van der Waals surface area contributed by atoms with Crippen molar-refractivity contribution in [1.29, 1.82) is 0 Å². The predicted molar refractivity (Wildman–Crippen MR) is 112 cm³/mol. The Morgan fingerprint density at radius 3 is 1.84 bits per heavy atom. The Hall–Kier alpha value is -4.10. The van der Waals surface area contributed by atoms with Crippen LogP contribution in [0.1, 0.15) is 12.8 Å². The number of carbonyl (C=O) groups is 2. The van der Waals surface area contributed by atoms with E-state index in [2.05, 4.69) is 29.6 Å². The van der Waals surface area contributed by atoms with Gasteiger partial charge in [-0.05, 0) is 37.1 Å². The molecule has 3 atom stereocenters. The molecule has 0 spiro atoms. The molecule has 0 aromatic heterocycles. The molecule has 2 aliphatic heterocycles. The van der Waals surface area contributed by atoms with E-state index in [1.165, 1.54) is 36.4 Å². The maximum absolute atomic E-state index is 13.1. The second-order valence-electron chi connectivity index (χ2n) is 9.02. The van der Waals surface area contributed by atoms with Crippen LogP contribution in [0.5, 0.6) is 34.5 Å². The molecule has 0 radical (unpaired) electrons. The number of hydrogen-bond acceptors (Lipinski definition) is 8. The number of alkyl halides is 4. The van der Waals surface area contributed by atoms with E-state index in [1.54, 1.807) is 0 Å². The molecule has 37 heavy (non-hydrogen) atoms. The van der Waals surface area contributed by atoms with Gasteiger partial charge in [-0.15, -0.1) is 17.6 Å². The third kappa shape index (κ3) is 4.58. The number of rotatable bonds is 8. The predicted octanol–water partition coefficient (Wildman–Crippen LogP) is 2.55. The van der Waals surface area contributed by atoms with Crippen LogP contribution in [0.15, 0.2) is 36.4 Å². The second kappa shape index (κ2) is 7.95. The molecule has 2 fully saturated rings. The number of nitrogens with one attached hydrogen (secondary N) is 2. The molecule has 2 aliphatic carbocycles. The van der Waals surface area contributed by atoms with Gasteiger partial charge >= 0.3 is 12.6 Å². The summed E-state index contributed by atoms with van der Waals surface area (Å²) in [5, 5.41) is 5.71. The van der Waals surface area contributed by atoms with Crippen LogP contribution in [0.3, 0.4) is 0 Å². The Kier molecular flexibility index (Phi) is 5.01. The van der Waals surface area contributed by atoms with Gasteiger partial charge < -0.3 is 39.1 Å². The van der Waals surface area contributed by atoms with Gasteiger partial charge in [0.25, 0.3) is 11.8 Å². The maximum atomic E-state index is 13.1. The van der Waals surface area contributed by atoms with Crippen LogP contribution in [0.4, 0.5) is 17.6 Å². The fourth-order valence-corrected chi connectivity index (χ4v) is 4.71. The van der Waals surface area contributed by atoms with Gasteiger partial charge in [0.1, 0.15) is 11.5 Å². The zero-order chi connectivity index (χ0) is 26.0. The fraction of sp³-hybridized carbons (Fsp3) is 0.391. The Morgan fingerprint density at radius 2 is 1.30 bits per heavy atom. The minimum absolute atomic E-state index is 0.0564. The minimum Gasteiger partial charge on any atom is -0.484 e. The van der Waals surface area contributed by atoms with Crippen LogP contribution < -0.4 is 39.1 Å². The highest BCUT2D eigenvalue weighted by atomic mass is 19.3. The molecule has 2 aromatic carbocycles. The topological polar surface area (TPSA) is 114 Å². The van der Waals surface area contributed by atoms with Gasteiger partial charge in [0, 0.05) is 29.6 Å². The summed E-state index contributed by atoms with van der Waals surface area (Å²) in [6, 6.07) is 7.53. The van der Waals surface area contributed by atoms with Crippen molar-refractivity contribution in [3.05, 3.63) is 36.4 Å². The minimum atomic E-state index is -3.74. The van der Waals surface area contributed by atoms with E-state index < -0.39 is 29.9 Å². The highest BCUT2D eigenvalue weighted by Crippen LogP contribution is 2.59. The van der Waals surface area contributed by atoms with Gasteiger partial charge in [-0.1, -0.05) is 0 Å². The van der Waals surface area contributed by atoms with Crippen molar-refractivity contribution in [2.45, 2.75) is 37.0 Å². The maximum Gasteiger partial charge on any atom is 0.586 e. The van der Waals surface area contributed by atoms with E-state index in [0.717, 1.165) is 0 Å². The van der Waals surface area contributed by atoms with E-state index >= 15 is 0 Å². The fourth-order valence-electron chi connectivity index (χ4n) is 4.71. The number of fused-ring (bicyclic) bond motifs is 3. The third-order valence-corrected chi connectivity index (χ3v) is 6.42. The smallest absolute Gasteiger partial charge is 0.484 e. The van der Waals surface area contributed by atoms with Crippen molar-refractivity contribution < 1.29 is 55.6 Å². The number of hydrogen-bond donors (Lipinski definition) is 2. The summed E-state index contributed by atoms with van der Waals surface area (Å²) in [6.07, 6.45) is -6.28. The second-order valence-corrected chi connectivity index (χ2v) is 9.02. The van der Waals surface area contributed by atoms with Gasteiger partial charge in [0.2, 0.25) is 0 Å². The summed E-state index contributed by atoms with van der Waals surface area (Å²) in [5.41, 5.74) is -0.418. The monoisotopic (exact) mass is 526 g/mol. The van der Waals surface area contributed by atoms with Crippen molar-refractivity contribution in [2.75, 3.05) is 13.2 Å². The van der Waals surface area contributed by atoms with E-state index in [0.29, 0.717) is 12.8 Å². The first-order chi connectivity index (χ1) is 17.5. The number of ether oxygens (including phenoxy) is 6. The molecular weight excluding hydrogens is 508 g/mol. The largest absolute Gasteiger partial charge is 0.586 e. The molecule has 2 amide bonds. The molecule has 2 N–H and O–H groups in total. The first-order valence-corrected chi connectivity index (χ1v) is 11.2. The first-order valence-electron chi connectivity index (χ1n) is 11.2. The molecule has 196 valence electrons. The molecule has 6 rings (SSSR count).